The lowest BCUT2D eigenvalue weighted by Gasteiger charge is -2.05. The first-order valence-electron chi connectivity index (χ1n) is 2.66. The van der Waals surface area contributed by atoms with Crippen molar-refractivity contribution in [1.29, 1.82) is 0 Å². The maximum Gasteiger partial charge on any atom is 0.385 e. The van der Waals surface area contributed by atoms with Crippen molar-refractivity contribution < 1.29 is 23.8 Å². The molecule has 0 amide bonds. The van der Waals surface area contributed by atoms with E-state index in [-0.39, 0.29) is 12.2 Å². The highest BCUT2D eigenvalue weighted by Gasteiger charge is 2.13. The van der Waals surface area contributed by atoms with E-state index in [0.29, 0.717) is 0 Å². The molecule has 1 rings (SSSR count). The number of hydrogen-bond acceptors (Lipinski definition) is 5. The number of ether oxygens (including phenoxy) is 3. The molecule has 0 aromatic heterocycles. The van der Waals surface area contributed by atoms with E-state index < -0.39 is 5.97 Å². The first-order chi connectivity index (χ1) is 5.34. The van der Waals surface area contributed by atoms with E-state index in [1.54, 1.807) is 0 Å². The Morgan fingerprint density at radius 1 is 1.55 bits per heavy atom. The summed E-state index contributed by atoms with van der Waals surface area (Å²) in [6, 6.07) is 0. The van der Waals surface area contributed by atoms with Crippen LogP contribution in [0.5, 0.6) is 0 Å². The van der Waals surface area contributed by atoms with Crippen LogP contribution in [-0.2, 0) is 23.8 Å². The van der Waals surface area contributed by atoms with Gasteiger partial charge in [-0.1, -0.05) is 0 Å². The van der Waals surface area contributed by atoms with Crippen molar-refractivity contribution in [3.05, 3.63) is 24.5 Å². The van der Waals surface area contributed by atoms with Gasteiger partial charge in [0.15, 0.2) is 0 Å². The number of hydrogen-bond donors (Lipinski definition) is 0. The fourth-order valence-corrected chi connectivity index (χ4v) is 0.460. The van der Waals surface area contributed by atoms with Crippen LogP contribution < -0.4 is 0 Å². The molecule has 5 nitrogen and oxygen atoms in total. The summed E-state index contributed by atoms with van der Waals surface area (Å²) < 4.78 is 13.1. The van der Waals surface area contributed by atoms with Crippen LogP contribution in [0.3, 0.4) is 0 Å². The average molecular weight is 156 g/mol. The predicted octanol–water partition coefficient (Wildman–Crippen LogP) is 0.0454. The summed E-state index contributed by atoms with van der Waals surface area (Å²) in [4.78, 5) is 20.3. The van der Waals surface area contributed by atoms with E-state index in [1.165, 1.54) is 6.26 Å². The Bertz CT molecular complexity index is 227. The van der Waals surface area contributed by atoms with Crippen LogP contribution in [0, 0.1) is 0 Å². The molecule has 0 radical (unpaired) electrons. The number of rotatable bonds is 2. The molecular formula is C6H4O5. The maximum atomic E-state index is 10.6. The molecule has 58 valence electrons. The summed E-state index contributed by atoms with van der Waals surface area (Å²) in [6.45, 7) is 0.0187. The second-order valence-corrected chi connectivity index (χ2v) is 1.51. The zero-order valence-corrected chi connectivity index (χ0v) is 5.35. The Labute approximate surface area is 61.8 Å². The van der Waals surface area contributed by atoms with Crippen molar-refractivity contribution in [3.8, 4) is 0 Å². The molecule has 1 heterocycles. The lowest BCUT2D eigenvalue weighted by atomic mass is 10.5. The molecule has 0 atom stereocenters. The van der Waals surface area contributed by atoms with Gasteiger partial charge in [0, 0.05) is 0 Å². The highest BCUT2D eigenvalue weighted by atomic mass is 16.6. The van der Waals surface area contributed by atoms with Crippen molar-refractivity contribution in [2.24, 2.45) is 0 Å². The Morgan fingerprint density at radius 2 is 2.36 bits per heavy atom. The van der Waals surface area contributed by atoms with Crippen LogP contribution >= 0.6 is 0 Å². The van der Waals surface area contributed by atoms with Gasteiger partial charge < -0.3 is 14.2 Å². The Balaban J connectivity index is 2.53. The van der Waals surface area contributed by atoms with Gasteiger partial charge in [-0.15, -0.1) is 0 Å². The molecule has 0 fully saturated rings. The summed E-state index contributed by atoms with van der Waals surface area (Å²) in [5.41, 5.74) is 0. The zero-order valence-electron chi connectivity index (χ0n) is 5.35. The van der Waals surface area contributed by atoms with Gasteiger partial charge in [-0.3, -0.25) is 4.79 Å². The van der Waals surface area contributed by atoms with Crippen LogP contribution in [-0.4, -0.2) is 12.4 Å². The Kier molecular flexibility index (Phi) is 2.27. The highest BCUT2D eigenvalue weighted by molar-refractivity contribution is 5.90. The second-order valence-electron chi connectivity index (χ2n) is 1.51. The monoisotopic (exact) mass is 156 g/mol. The number of carbonyl (C=O) groups is 2. The molecule has 0 saturated carbocycles. The summed E-state index contributed by atoms with van der Waals surface area (Å²) in [5, 5.41) is 0. The molecular weight excluding hydrogens is 152 g/mol. The zero-order chi connectivity index (χ0) is 8.10. The van der Waals surface area contributed by atoms with Crippen LogP contribution in [0.25, 0.3) is 0 Å². The molecule has 0 N–H and O–H groups in total. The third-order valence-corrected chi connectivity index (χ3v) is 0.861. The van der Waals surface area contributed by atoms with Gasteiger partial charge in [0.1, 0.15) is 18.8 Å². The third kappa shape index (κ3) is 1.82. The molecule has 0 aromatic rings. The molecule has 0 aliphatic carbocycles. The van der Waals surface area contributed by atoms with Crippen molar-refractivity contribution in [3.63, 3.8) is 0 Å². The van der Waals surface area contributed by atoms with E-state index >= 15 is 0 Å². The van der Waals surface area contributed by atoms with Crippen molar-refractivity contribution in [2.75, 3.05) is 0 Å². The van der Waals surface area contributed by atoms with E-state index in [2.05, 4.69) is 14.2 Å². The maximum absolute atomic E-state index is 10.6. The molecule has 0 aromatic carbocycles. The lowest BCUT2D eigenvalue weighted by Crippen LogP contribution is -2.09. The van der Waals surface area contributed by atoms with Crippen molar-refractivity contribution in [2.45, 2.75) is 0 Å². The highest BCUT2D eigenvalue weighted by Crippen LogP contribution is 2.05. The van der Waals surface area contributed by atoms with Crippen LogP contribution in [0.2, 0.25) is 0 Å². The summed E-state index contributed by atoms with van der Waals surface area (Å²) in [6.07, 6.45) is 3.42. The SMILES string of the molecule is O=COC(=O)C1=COC=CO1. The fraction of sp³-hybridized carbons (Fsp3) is 0. The Morgan fingerprint density at radius 3 is 2.91 bits per heavy atom. The minimum absolute atomic E-state index is 0.0187. The molecule has 0 saturated heterocycles. The van der Waals surface area contributed by atoms with Gasteiger partial charge >= 0.3 is 12.4 Å². The smallest absolute Gasteiger partial charge is 0.385 e. The van der Waals surface area contributed by atoms with Crippen molar-refractivity contribution in [1.82, 2.24) is 0 Å². The molecule has 0 spiro atoms. The molecule has 11 heavy (non-hydrogen) atoms. The summed E-state index contributed by atoms with van der Waals surface area (Å²) in [5.74, 6) is -1.05. The summed E-state index contributed by atoms with van der Waals surface area (Å²) in [7, 11) is 0. The van der Waals surface area contributed by atoms with Gasteiger partial charge in [0.25, 0.3) is 0 Å². The first kappa shape index (κ1) is 7.33. The van der Waals surface area contributed by atoms with E-state index in [1.807, 2.05) is 0 Å². The molecule has 1 aliphatic heterocycles. The fourth-order valence-electron chi connectivity index (χ4n) is 0.460. The van der Waals surface area contributed by atoms with Crippen LogP contribution in [0.1, 0.15) is 0 Å². The van der Waals surface area contributed by atoms with Gasteiger partial charge in [0.2, 0.25) is 5.76 Å². The van der Waals surface area contributed by atoms with Crippen LogP contribution in [0.15, 0.2) is 24.5 Å². The normalized spacial score (nSPS) is 14.0. The minimum atomic E-state index is -0.885. The van der Waals surface area contributed by atoms with Crippen molar-refractivity contribution >= 4 is 12.4 Å². The van der Waals surface area contributed by atoms with Gasteiger partial charge in [-0.05, 0) is 0 Å². The lowest BCUT2D eigenvalue weighted by molar-refractivity contribution is -0.150. The predicted molar refractivity (Wildman–Crippen MR) is 31.5 cm³/mol. The third-order valence-electron chi connectivity index (χ3n) is 0.861. The molecule has 1 aliphatic rings. The first-order valence-corrected chi connectivity index (χ1v) is 2.66. The molecule has 0 bridgehead atoms. The number of carbonyl (C=O) groups excluding carboxylic acids is 2. The van der Waals surface area contributed by atoms with E-state index in [0.717, 1.165) is 12.5 Å². The van der Waals surface area contributed by atoms with Gasteiger partial charge in [-0.25, -0.2) is 4.79 Å². The largest absolute Gasteiger partial charge is 0.465 e. The molecule has 5 heteroatoms. The topological polar surface area (TPSA) is 61.8 Å². The second kappa shape index (κ2) is 3.40. The summed E-state index contributed by atoms with van der Waals surface area (Å²) >= 11 is 0. The Hall–Kier alpha value is -1.78. The number of esters is 1. The van der Waals surface area contributed by atoms with Gasteiger partial charge in [-0.2, -0.15) is 0 Å². The van der Waals surface area contributed by atoms with E-state index in [9.17, 15) is 9.59 Å². The van der Waals surface area contributed by atoms with E-state index in [4.69, 9.17) is 0 Å². The standard InChI is InChI=1S/C6H4O5/c7-4-11-6(8)5-3-9-1-2-10-5/h1-4H. The molecule has 0 unspecified atom stereocenters. The average Bonchev–Trinajstić information content (AvgIpc) is 2.07. The van der Waals surface area contributed by atoms with Gasteiger partial charge in [0.05, 0.1) is 0 Å². The quantitative estimate of drug-likeness (QED) is 0.321. The van der Waals surface area contributed by atoms with Crippen LogP contribution in [0.4, 0.5) is 0 Å². The minimum Gasteiger partial charge on any atom is -0.465 e.